The third kappa shape index (κ3) is 3.09. The van der Waals surface area contributed by atoms with E-state index in [-0.39, 0.29) is 16.6 Å². The topological polar surface area (TPSA) is 12.9 Å². The Morgan fingerprint density at radius 1 is 1.50 bits per heavy atom. The van der Waals surface area contributed by atoms with Gasteiger partial charge >= 0.3 is 0 Å². The minimum absolute atomic E-state index is 0.0392. The van der Waals surface area contributed by atoms with Gasteiger partial charge in [-0.2, -0.15) is 0 Å². The predicted octanol–water partition coefficient (Wildman–Crippen LogP) is 3.82. The van der Waals surface area contributed by atoms with Crippen molar-refractivity contribution in [1.82, 2.24) is 4.98 Å². The molecule has 2 radical (unpaired) electrons. The molecule has 86 valence electrons. The fraction of sp³-hybridized carbons (Fsp3) is 0.700. The minimum atomic E-state index is 0.0392. The second-order valence-electron chi connectivity index (χ2n) is 3.94. The monoisotopic (exact) mass is 291 g/mol. The van der Waals surface area contributed by atoms with Crippen LogP contribution in [0, 0.1) is 5.92 Å². The van der Waals surface area contributed by atoms with E-state index in [0.29, 0.717) is 5.92 Å². The van der Waals surface area contributed by atoms with Crippen molar-refractivity contribution < 1.29 is 0 Å². The standard InChI is InChI=1S/C10H12BCl2NS2/c11-9-6(7(12)5-8(9)13)1-3-15-10-14-2-4-16-10/h2,4,6-9H,1,3,5H2. The Labute approximate surface area is 116 Å². The van der Waals surface area contributed by atoms with Crippen molar-refractivity contribution in [2.24, 2.45) is 5.92 Å². The molecule has 16 heavy (non-hydrogen) atoms. The first-order chi connectivity index (χ1) is 7.68. The molecule has 4 atom stereocenters. The van der Waals surface area contributed by atoms with E-state index in [1.54, 1.807) is 23.1 Å². The molecule has 1 aliphatic carbocycles. The molecule has 0 bridgehead atoms. The summed E-state index contributed by atoms with van der Waals surface area (Å²) in [5.74, 6) is 1.40. The molecule has 6 heteroatoms. The van der Waals surface area contributed by atoms with Gasteiger partial charge in [-0.3, -0.25) is 0 Å². The fourth-order valence-electron chi connectivity index (χ4n) is 1.99. The summed E-state index contributed by atoms with van der Waals surface area (Å²) in [5.41, 5.74) is 0. The molecule has 0 aromatic carbocycles. The van der Waals surface area contributed by atoms with E-state index in [1.165, 1.54) is 0 Å². The Balaban J connectivity index is 1.77. The number of rotatable bonds is 4. The lowest BCUT2D eigenvalue weighted by Gasteiger charge is -2.18. The molecule has 1 aromatic heterocycles. The van der Waals surface area contributed by atoms with E-state index in [2.05, 4.69) is 4.98 Å². The average Bonchev–Trinajstić information content (AvgIpc) is 2.82. The van der Waals surface area contributed by atoms with Crippen molar-refractivity contribution in [2.75, 3.05) is 5.75 Å². The molecular weight excluding hydrogens is 280 g/mol. The van der Waals surface area contributed by atoms with Gasteiger partial charge in [0.1, 0.15) is 4.34 Å². The number of hydrogen-bond donors (Lipinski definition) is 0. The molecule has 4 unspecified atom stereocenters. The van der Waals surface area contributed by atoms with Crippen molar-refractivity contribution in [1.29, 1.82) is 0 Å². The van der Waals surface area contributed by atoms with Crippen molar-refractivity contribution in [3.63, 3.8) is 0 Å². The predicted molar refractivity (Wildman–Crippen MR) is 74.3 cm³/mol. The highest BCUT2D eigenvalue weighted by Crippen LogP contribution is 2.43. The van der Waals surface area contributed by atoms with Gasteiger partial charge in [-0.25, -0.2) is 4.98 Å². The number of halogens is 2. The molecule has 2 rings (SSSR count). The zero-order valence-corrected chi connectivity index (χ0v) is 11.8. The van der Waals surface area contributed by atoms with Crippen LogP contribution >= 0.6 is 46.3 Å². The summed E-state index contributed by atoms with van der Waals surface area (Å²) in [5, 5.41) is 2.16. The molecule has 0 spiro atoms. The molecule has 1 aromatic rings. The first-order valence-corrected chi connectivity index (χ1v) is 7.98. The lowest BCUT2D eigenvalue weighted by atomic mass is 9.77. The fourth-order valence-corrected chi connectivity index (χ4v) is 4.70. The van der Waals surface area contributed by atoms with Crippen LogP contribution < -0.4 is 0 Å². The third-order valence-electron chi connectivity index (χ3n) is 2.91. The van der Waals surface area contributed by atoms with Crippen LogP contribution in [0.1, 0.15) is 12.8 Å². The molecule has 1 fully saturated rings. The Bertz CT molecular complexity index is 323. The van der Waals surface area contributed by atoms with Crippen LogP contribution in [-0.2, 0) is 0 Å². The number of nitrogens with zero attached hydrogens (tertiary/aromatic N) is 1. The first-order valence-electron chi connectivity index (χ1n) is 5.24. The van der Waals surface area contributed by atoms with E-state index < -0.39 is 0 Å². The summed E-state index contributed by atoms with van der Waals surface area (Å²) < 4.78 is 1.11. The number of thiazole rings is 1. The molecule has 0 N–H and O–H groups in total. The largest absolute Gasteiger partial charge is 0.238 e. The highest BCUT2D eigenvalue weighted by Gasteiger charge is 2.37. The quantitative estimate of drug-likeness (QED) is 0.475. The van der Waals surface area contributed by atoms with E-state index in [0.717, 1.165) is 22.9 Å². The number of thioether (sulfide) groups is 1. The van der Waals surface area contributed by atoms with E-state index in [1.807, 2.05) is 11.6 Å². The van der Waals surface area contributed by atoms with Crippen LogP contribution in [0.4, 0.5) is 0 Å². The molecule has 1 aliphatic rings. The smallest absolute Gasteiger partial charge is 0.149 e. The maximum absolute atomic E-state index is 6.24. The van der Waals surface area contributed by atoms with Gasteiger partial charge in [0.15, 0.2) is 0 Å². The maximum atomic E-state index is 6.24. The van der Waals surface area contributed by atoms with Gasteiger partial charge in [-0.1, -0.05) is 17.6 Å². The Morgan fingerprint density at radius 3 is 2.88 bits per heavy atom. The zero-order chi connectivity index (χ0) is 11.5. The number of hydrogen-bond acceptors (Lipinski definition) is 3. The molecule has 1 heterocycles. The Kier molecular flexibility index (Phi) is 4.89. The van der Waals surface area contributed by atoms with Crippen molar-refractivity contribution >= 4 is 54.1 Å². The molecule has 1 nitrogen and oxygen atoms in total. The van der Waals surface area contributed by atoms with Gasteiger partial charge in [0.2, 0.25) is 0 Å². The van der Waals surface area contributed by atoms with Crippen molar-refractivity contribution in [3.8, 4) is 0 Å². The molecule has 0 aliphatic heterocycles. The van der Waals surface area contributed by atoms with E-state index in [9.17, 15) is 0 Å². The van der Waals surface area contributed by atoms with Gasteiger partial charge in [0, 0.05) is 28.1 Å². The lowest BCUT2D eigenvalue weighted by molar-refractivity contribution is 0.542. The maximum Gasteiger partial charge on any atom is 0.149 e. The number of alkyl halides is 2. The highest BCUT2D eigenvalue weighted by atomic mass is 35.5. The summed E-state index contributed by atoms with van der Waals surface area (Å²) in [7, 11) is 6.03. The lowest BCUT2D eigenvalue weighted by Crippen LogP contribution is -2.14. The van der Waals surface area contributed by atoms with Crippen LogP contribution in [-0.4, -0.2) is 29.3 Å². The van der Waals surface area contributed by atoms with Crippen LogP contribution in [0.25, 0.3) is 0 Å². The highest BCUT2D eigenvalue weighted by molar-refractivity contribution is 8.00. The normalized spacial score (nSPS) is 34.4. The molecule has 0 amide bonds. The van der Waals surface area contributed by atoms with Crippen LogP contribution in [0.2, 0.25) is 5.82 Å². The van der Waals surface area contributed by atoms with Crippen LogP contribution in [0.3, 0.4) is 0 Å². The average molecular weight is 292 g/mol. The summed E-state index contributed by atoms with van der Waals surface area (Å²) in [6.45, 7) is 0. The Morgan fingerprint density at radius 2 is 2.31 bits per heavy atom. The second kappa shape index (κ2) is 5.99. The van der Waals surface area contributed by atoms with Crippen LogP contribution in [0.15, 0.2) is 15.9 Å². The van der Waals surface area contributed by atoms with Crippen LogP contribution in [0.5, 0.6) is 0 Å². The first kappa shape index (κ1) is 13.1. The Hall–Kier alpha value is 0.625. The molecular formula is C10H12BCl2NS2. The minimum Gasteiger partial charge on any atom is -0.238 e. The van der Waals surface area contributed by atoms with Gasteiger partial charge in [-0.15, -0.1) is 34.5 Å². The molecule has 1 saturated carbocycles. The second-order valence-corrected chi connectivity index (χ2v) is 7.30. The van der Waals surface area contributed by atoms with E-state index >= 15 is 0 Å². The van der Waals surface area contributed by atoms with Crippen molar-refractivity contribution in [2.45, 2.75) is 33.8 Å². The van der Waals surface area contributed by atoms with Gasteiger partial charge in [-0.05, 0) is 18.8 Å². The van der Waals surface area contributed by atoms with Crippen molar-refractivity contribution in [3.05, 3.63) is 11.6 Å². The SMILES string of the molecule is [B]C1C(Cl)CC(Cl)C1CCSc1nccs1. The summed E-state index contributed by atoms with van der Waals surface area (Å²) in [4.78, 5) is 4.22. The zero-order valence-electron chi connectivity index (χ0n) is 8.68. The van der Waals surface area contributed by atoms with Gasteiger partial charge in [0.25, 0.3) is 0 Å². The van der Waals surface area contributed by atoms with Gasteiger partial charge in [0.05, 0.1) is 7.85 Å². The van der Waals surface area contributed by atoms with E-state index in [4.69, 9.17) is 31.0 Å². The number of aromatic nitrogens is 1. The van der Waals surface area contributed by atoms with Gasteiger partial charge < -0.3 is 0 Å². The summed E-state index contributed by atoms with van der Waals surface area (Å²) >= 11 is 15.8. The molecule has 0 saturated heterocycles. The third-order valence-corrected chi connectivity index (χ3v) is 5.88. The summed E-state index contributed by atoms with van der Waals surface area (Å²) in [6.07, 6.45) is 3.67. The summed E-state index contributed by atoms with van der Waals surface area (Å²) in [6, 6.07) is 0.